The summed E-state index contributed by atoms with van der Waals surface area (Å²) >= 11 is 0. The van der Waals surface area contributed by atoms with E-state index in [0.29, 0.717) is 25.2 Å². The van der Waals surface area contributed by atoms with E-state index < -0.39 is 0 Å². The number of hydrogen-bond donors (Lipinski definition) is 0. The molecule has 0 bridgehead atoms. The van der Waals surface area contributed by atoms with E-state index in [1.54, 1.807) is 35.5 Å². The van der Waals surface area contributed by atoms with E-state index in [2.05, 4.69) is 40.8 Å². The Kier molecular flexibility index (Phi) is 6.22. The first-order chi connectivity index (χ1) is 16.6. The summed E-state index contributed by atoms with van der Waals surface area (Å²) in [5, 5.41) is 14.6. The zero-order valence-electron chi connectivity index (χ0n) is 19.3. The molecule has 3 aromatic rings. The highest BCUT2D eigenvalue weighted by Gasteiger charge is 2.26. The summed E-state index contributed by atoms with van der Waals surface area (Å²) in [6.45, 7) is 6.44. The summed E-state index contributed by atoms with van der Waals surface area (Å²) in [7, 11) is 1.87. The van der Waals surface area contributed by atoms with Crippen LogP contribution < -0.4 is 9.80 Å². The molecule has 3 aromatic heterocycles. The zero-order chi connectivity index (χ0) is 23.5. The minimum absolute atomic E-state index is 0.165. The van der Waals surface area contributed by atoms with Gasteiger partial charge < -0.3 is 14.7 Å². The first-order valence-electron chi connectivity index (χ1n) is 11.6. The van der Waals surface area contributed by atoms with E-state index in [9.17, 15) is 10.1 Å². The van der Waals surface area contributed by atoms with Gasteiger partial charge in [0, 0.05) is 65.6 Å². The van der Waals surface area contributed by atoms with Crippen LogP contribution in [0.1, 0.15) is 12.0 Å². The molecule has 5 heterocycles. The molecule has 0 aliphatic carbocycles. The number of piperazine rings is 1. The number of nitriles is 1. The molecular formula is C23H28N10O. The van der Waals surface area contributed by atoms with Crippen molar-refractivity contribution in [2.24, 2.45) is 7.05 Å². The number of rotatable bonds is 4. The molecule has 0 N–H and O–H groups in total. The van der Waals surface area contributed by atoms with Gasteiger partial charge in [0.2, 0.25) is 5.91 Å². The minimum atomic E-state index is 0.165. The SMILES string of the molecule is Cn1ncc2c(N3CCN(C(=O)CN4CCCN(c5ncccc5C#N)CC4)CC3)ncnc21. The molecule has 34 heavy (non-hydrogen) atoms. The van der Waals surface area contributed by atoms with Crippen molar-refractivity contribution in [3.63, 3.8) is 0 Å². The van der Waals surface area contributed by atoms with Crippen LogP contribution in [0, 0.1) is 11.3 Å². The number of amides is 1. The van der Waals surface area contributed by atoms with Crippen molar-refractivity contribution >= 4 is 28.6 Å². The molecule has 1 amide bonds. The maximum Gasteiger partial charge on any atom is 0.236 e. The van der Waals surface area contributed by atoms with Crippen LogP contribution in [0.25, 0.3) is 11.0 Å². The number of nitrogens with zero attached hydrogens (tertiary/aromatic N) is 10. The fourth-order valence-electron chi connectivity index (χ4n) is 4.74. The molecule has 2 fully saturated rings. The van der Waals surface area contributed by atoms with Gasteiger partial charge in [0.05, 0.1) is 23.7 Å². The van der Waals surface area contributed by atoms with Crippen LogP contribution in [0.15, 0.2) is 30.9 Å². The molecule has 0 unspecified atom stereocenters. The Balaban J connectivity index is 1.16. The average molecular weight is 461 g/mol. The smallest absolute Gasteiger partial charge is 0.236 e. The third-order valence-electron chi connectivity index (χ3n) is 6.59. The molecule has 2 aliphatic heterocycles. The minimum Gasteiger partial charge on any atom is -0.354 e. The highest BCUT2D eigenvalue weighted by atomic mass is 16.2. The lowest BCUT2D eigenvalue weighted by molar-refractivity contribution is -0.132. The molecule has 0 aromatic carbocycles. The van der Waals surface area contributed by atoms with E-state index in [4.69, 9.17) is 0 Å². The van der Waals surface area contributed by atoms with Crippen LogP contribution in [-0.2, 0) is 11.8 Å². The summed E-state index contributed by atoms with van der Waals surface area (Å²) in [4.78, 5) is 34.8. The summed E-state index contributed by atoms with van der Waals surface area (Å²) < 4.78 is 1.75. The Hall–Kier alpha value is -3.78. The molecule has 0 radical (unpaired) electrons. The molecule has 0 atom stereocenters. The summed E-state index contributed by atoms with van der Waals surface area (Å²) in [5.41, 5.74) is 1.41. The fraction of sp³-hybridized carbons (Fsp3) is 0.478. The number of carbonyl (C=O) groups excluding carboxylic acids is 1. The van der Waals surface area contributed by atoms with Gasteiger partial charge >= 0.3 is 0 Å². The van der Waals surface area contributed by atoms with E-state index >= 15 is 0 Å². The van der Waals surface area contributed by atoms with Gasteiger partial charge in [-0.1, -0.05) is 0 Å². The predicted octanol–water partition coefficient (Wildman–Crippen LogP) is 0.491. The number of fused-ring (bicyclic) bond motifs is 1. The third-order valence-corrected chi connectivity index (χ3v) is 6.59. The van der Waals surface area contributed by atoms with Gasteiger partial charge in [0.1, 0.15) is 24.0 Å². The lowest BCUT2D eigenvalue weighted by Crippen LogP contribution is -2.51. The Morgan fingerprint density at radius 2 is 1.79 bits per heavy atom. The lowest BCUT2D eigenvalue weighted by atomic mass is 10.2. The number of anilines is 2. The zero-order valence-corrected chi connectivity index (χ0v) is 19.3. The molecule has 2 saturated heterocycles. The Morgan fingerprint density at radius 1 is 1.00 bits per heavy atom. The Morgan fingerprint density at radius 3 is 2.62 bits per heavy atom. The van der Waals surface area contributed by atoms with Crippen molar-refractivity contribution in [3.8, 4) is 6.07 Å². The van der Waals surface area contributed by atoms with Crippen LogP contribution >= 0.6 is 0 Å². The maximum absolute atomic E-state index is 13.0. The second kappa shape index (κ2) is 9.61. The van der Waals surface area contributed by atoms with E-state index in [0.717, 1.165) is 68.4 Å². The number of hydrogen-bond acceptors (Lipinski definition) is 9. The fourth-order valence-corrected chi connectivity index (χ4v) is 4.74. The van der Waals surface area contributed by atoms with E-state index in [1.165, 1.54) is 0 Å². The maximum atomic E-state index is 13.0. The van der Waals surface area contributed by atoms with Crippen molar-refractivity contribution in [2.75, 3.05) is 68.7 Å². The van der Waals surface area contributed by atoms with E-state index in [1.807, 2.05) is 11.9 Å². The van der Waals surface area contributed by atoms with Crippen molar-refractivity contribution < 1.29 is 4.79 Å². The van der Waals surface area contributed by atoms with Crippen LogP contribution in [0.3, 0.4) is 0 Å². The Bertz CT molecular complexity index is 1210. The third kappa shape index (κ3) is 4.36. The van der Waals surface area contributed by atoms with Gasteiger partial charge in [-0.15, -0.1) is 0 Å². The molecule has 11 nitrogen and oxygen atoms in total. The first-order valence-corrected chi connectivity index (χ1v) is 11.6. The highest BCUT2D eigenvalue weighted by Crippen LogP contribution is 2.23. The second-order valence-corrected chi connectivity index (χ2v) is 8.67. The number of carbonyl (C=O) groups is 1. The first kappa shape index (κ1) is 22.0. The van der Waals surface area contributed by atoms with Gasteiger partial charge in [-0.2, -0.15) is 10.4 Å². The van der Waals surface area contributed by atoms with Crippen LogP contribution in [-0.4, -0.2) is 99.3 Å². The largest absolute Gasteiger partial charge is 0.354 e. The summed E-state index contributed by atoms with van der Waals surface area (Å²) in [6, 6.07) is 5.82. The number of aryl methyl sites for hydroxylation is 1. The quantitative estimate of drug-likeness (QED) is 0.549. The van der Waals surface area contributed by atoms with Gasteiger partial charge in [-0.05, 0) is 18.6 Å². The molecular weight excluding hydrogens is 432 g/mol. The van der Waals surface area contributed by atoms with Gasteiger partial charge in [-0.25, -0.2) is 15.0 Å². The molecule has 176 valence electrons. The predicted molar refractivity (Wildman–Crippen MR) is 127 cm³/mol. The van der Waals surface area contributed by atoms with Crippen molar-refractivity contribution in [1.82, 2.24) is 34.5 Å². The van der Waals surface area contributed by atoms with Gasteiger partial charge in [0.25, 0.3) is 0 Å². The average Bonchev–Trinajstić information content (AvgIpc) is 3.11. The second-order valence-electron chi connectivity index (χ2n) is 8.67. The monoisotopic (exact) mass is 460 g/mol. The Labute approximate surface area is 198 Å². The number of pyridine rings is 1. The molecule has 0 spiro atoms. The normalized spacial score (nSPS) is 17.6. The highest BCUT2D eigenvalue weighted by molar-refractivity contribution is 5.87. The topological polar surface area (TPSA) is 110 Å². The van der Waals surface area contributed by atoms with Crippen LogP contribution in [0.2, 0.25) is 0 Å². The van der Waals surface area contributed by atoms with Gasteiger partial charge in [0.15, 0.2) is 5.65 Å². The molecule has 2 aliphatic rings. The van der Waals surface area contributed by atoms with Gasteiger partial charge in [-0.3, -0.25) is 14.4 Å². The van der Waals surface area contributed by atoms with Crippen LogP contribution in [0.4, 0.5) is 11.6 Å². The van der Waals surface area contributed by atoms with Crippen molar-refractivity contribution in [2.45, 2.75) is 6.42 Å². The van der Waals surface area contributed by atoms with E-state index in [-0.39, 0.29) is 5.91 Å². The van der Waals surface area contributed by atoms with Crippen molar-refractivity contribution in [3.05, 3.63) is 36.4 Å². The molecule has 11 heteroatoms. The summed E-state index contributed by atoms with van der Waals surface area (Å²) in [6.07, 6.45) is 6.03. The van der Waals surface area contributed by atoms with Crippen molar-refractivity contribution in [1.29, 1.82) is 5.26 Å². The standard InChI is InChI=1S/C23H28N10O/c1-29-22-19(15-28-29)23(27-17-26-22)33-12-10-31(11-13-33)20(34)16-30-6-3-7-32(9-8-30)21-18(14-24)4-2-5-25-21/h2,4-5,15,17H,3,6-13,16H2,1H3. The summed E-state index contributed by atoms with van der Waals surface area (Å²) in [5.74, 6) is 1.78. The lowest BCUT2D eigenvalue weighted by Gasteiger charge is -2.36. The molecule has 5 rings (SSSR count). The number of aromatic nitrogens is 5. The van der Waals surface area contributed by atoms with Crippen LogP contribution in [0.5, 0.6) is 0 Å². The molecule has 0 saturated carbocycles.